The highest BCUT2D eigenvalue weighted by Gasteiger charge is 2.13. The summed E-state index contributed by atoms with van der Waals surface area (Å²) in [7, 11) is 0. The molecule has 1 unspecified atom stereocenters. The minimum absolute atomic E-state index is 0.799. The first-order chi connectivity index (χ1) is 5.95. The standard InChI is InChI=1S/C9H15N3/c1-2-9(11-4-1)12-7-8-3-5-10-6-8/h1-2,4,8,10-12H,3,5-7H2. The molecule has 1 aromatic rings. The van der Waals surface area contributed by atoms with Gasteiger partial charge in [0.25, 0.3) is 0 Å². The molecule has 0 amide bonds. The highest BCUT2D eigenvalue weighted by atomic mass is 15.0. The van der Waals surface area contributed by atoms with Crippen molar-refractivity contribution in [3.63, 3.8) is 0 Å². The maximum atomic E-state index is 3.37. The van der Waals surface area contributed by atoms with Crippen molar-refractivity contribution >= 4 is 5.82 Å². The first-order valence-electron chi connectivity index (χ1n) is 4.53. The summed E-state index contributed by atoms with van der Waals surface area (Å²) in [6.45, 7) is 3.41. The van der Waals surface area contributed by atoms with E-state index in [1.54, 1.807) is 0 Å². The van der Waals surface area contributed by atoms with Gasteiger partial charge in [-0.15, -0.1) is 0 Å². The summed E-state index contributed by atoms with van der Waals surface area (Å²) < 4.78 is 0. The second-order valence-corrected chi connectivity index (χ2v) is 3.32. The van der Waals surface area contributed by atoms with Crippen molar-refractivity contribution in [2.75, 3.05) is 25.0 Å². The number of rotatable bonds is 3. The van der Waals surface area contributed by atoms with Gasteiger partial charge in [0.05, 0.1) is 0 Å². The van der Waals surface area contributed by atoms with Gasteiger partial charge < -0.3 is 15.6 Å². The molecule has 1 fully saturated rings. The molecular weight excluding hydrogens is 150 g/mol. The van der Waals surface area contributed by atoms with Crippen molar-refractivity contribution in [1.29, 1.82) is 0 Å². The molecular formula is C9H15N3. The summed E-state index contributed by atoms with van der Waals surface area (Å²) in [5, 5.41) is 6.72. The van der Waals surface area contributed by atoms with Crippen LogP contribution in [-0.4, -0.2) is 24.6 Å². The Bertz CT molecular complexity index is 212. The second kappa shape index (κ2) is 3.63. The third kappa shape index (κ3) is 1.80. The number of nitrogens with one attached hydrogen (secondary N) is 3. The van der Waals surface area contributed by atoms with Gasteiger partial charge in [0, 0.05) is 12.7 Å². The van der Waals surface area contributed by atoms with Crippen molar-refractivity contribution in [3.05, 3.63) is 18.3 Å². The normalized spacial score (nSPS) is 22.8. The van der Waals surface area contributed by atoms with Gasteiger partial charge >= 0.3 is 0 Å². The van der Waals surface area contributed by atoms with Crippen LogP contribution >= 0.6 is 0 Å². The van der Waals surface area contributed by atoms with Crippen LogP contribution in [0.15, 0.2) is 18.3 Å². The fourth-order valence-electron chi connectivity index (χ4n) is 1.58. The van der Waals surface area contributed by atoms with Gasteiger partial charge in [-0.2, -0.15) is 0 Å². The SMILES string of the molecule is c1c[nH]c(NCC2CCNC2)c1. The van der Waals surface area contributed by atoms with Crippen molar-refractivity contribution in [2.24, 2.45) is 5.92 Å². The first-order valence-corrected chi connectivity index (χ1v) is 4.53. The Hall–Kier alpha value is -0.960. The van der Waals surface area contributed by atoms with Crippen LogP contribution in [0.25, 0.3) is 0 Å². The lowest BCUT2D eigenvalue weighted by molar-refractivity contribution is 0.614. The van der Waals surface area contributed by atoms with E-state index >= 15 is 0 Å². The Labute approximate surface area is 72.6 Å². The topological polar surface area (TPSA) is 39.9 Å². The first kappa shape index (κ1) is 7.68. The van der Waals surface area contributed by atoms with E-state index in [-0.39, 0.29) is 0 Å². The third-order valence-electron chi connectivity index (χ3n) is 2.34. The van der Waals surface area contributed by atoms with Crippen LogP contribution < -0.4 is 10.6 Å². The van der Waals surface area contributed by atoms with E-state index in [1.165, 1.54) is 13.0 Å². The predicted octanol–water partition coefficient (Wildman–Crippen LogP) is 1.04. The van der Waals surface area contributed by atoms with Crippen molar-refractivity contribution in [3.8, 4) is 0 Å². The molecule has 1 aliphatic rings. The fourth-order valence-corrected chi connectivity index (χ4v) is 1.58. The molecule has 66 valence electrons. The number of aromatic nitrogens is 1. The van der Waals surface area contributed by atoms with Gasteiger partial charge in [-0.3, -0.25) is 0 Å². The largest absolute Gasteiger partial charge is 0.371 e. The summed E-state index contributed by atoms with van der Waals surface area (Å²) >= 11 is 0. The molecule has 0 bridgehead atoms. The maximum Gasteiger partial charge on any atom is 0.103 e. The molecule has 1 aromatic heterocycles. The zero-order chi connectivity index (χ0) is 8.23. The lowest BCUT2D eigenvalue weighted by Crippen LogP contribution is -2.17. The summed E-state index contributed by atoms with van der Waals surface area (Å²) in [6.07, 6.45) is 3.24. The molecule has 2 heterocycles. The summed E-state index contributed by atoms with van der Waals surface area (Å²) in [4.78, 5) is 3.13. The summed E-state index contributed by atoms with van der Waals surface area (Å²) in [5.41, 5.74) is 0. The van der Waals surface area contributed by atoms with E-state index in [0.717, 1.165) is 24.8 Å². The van der Waals surface area contributed by atoms with Crippen molar-refractivity contribution in [1.82, 2.24) is 10.3 Å². The number of hydrogen-bond donors (Lipinski definition) is 3. The molecule has 0 saturated carbocycles. The van der Waals surface area contributed by atoms with Gasteiger partial charge in [-0.25, -0.2) is 0 Å². The predicted molar refractivity (Wildman–Crippen MR) is 50.3 cm³/mol. The molecule has 0 aliphatic carbocycles. The Morgan fingerprint density at radius 1 is 1.58 bits per heavy atom. The molecule has 0 aromatic carbocycles. The molecule has 1 aliphatic heterocycles. The third-order valence-corrected chi connectivity index (χ3v) is 2.34. The van der Waals surface area contributed by atoms with E-state index in [2.05, 4.69) is 21.7 Å². The second-order valence-electron chi connectivity index (χ2n) is 3.32. The summed E-state index contributed by atoms with van der Waals surface area (Å²) in [5.74, 6) is 1.93. The lowest BCUT2D eigenvalue weighted by Gasteiger charge is -2.08. The van der Waals surface area contributed by atoms with Crippen molar-refractivity contribution < 1.29 is 0 Å². The monoisotopic (exact) mass is 165 g/mol. The van der Waals surface area contributed by atoms with E-state index < -0.39 is 0 Å². The van der Waals surface area contributed by atoms with E-state index in [9.17, 15) is 0 Å². The Morgan fingerprint density at radius 3 is 3.25 bits per heavy atom. The van der Waals surface area contributed by atoms with Gasteiger partial charge in [0.2, 0.25) is 0 Å². The van der Waals surface area contributed by atoms with Crippen LogP contribution in [0.3, 0.4) is 0 Å². The molecule has 1 atom stereocenters. The number of anilines is 1. The molecule has 0 spiro atoms. The van der Waals surface area contributed by atoms with Crippen LogP contribution in [0.5, 0.6) is 0 Å². The molecule has 3 heteroatoms. The van der Waals surface area contributed by atoms with Gasteiger partial charge in [0.15, 0.2) is 0 Å². The van der Waals surface area contributed by atoms with Gasteiger partial charge in [0.1, 0.15) is 5.82 Å². The number of hydrogen-bond acceptors (Lipinski definition) is 2. The van der Waals surface area contributed by atoms with Crippen LogP contribution in [0.4, 0.5) is 5.82 Å². The minimum atomic E-state index is 0.799. The average molecular weight is 165 g/mol. The Kier molecular flexibility index (Phi) is 2.32. The highest BCUT2D eigenvalue weighted by molar-refractivity contribution is 5.34. The number of aromatic amines is 1. The quantitative estimate of drug-likeness (QED) is 0.626. The van der Waals surface area contributed by atoms with Gasteiger partial charge in [-0.05, 0) is 37.6 Å². The smallest absolute Gasteiger partial charge is 0.103 e. The van der Waals surface area contributed by atoms with Crippen LogP contribution in [0.1, 0.15) is 6.42 Å². The Balaban J connectivity index is 1.74. The van der Waals surface area contributed by atoms with Crippen LogP contribution in [-0.2, 0) is 0 Å². The molecule has 3 N–H and O–H groups in total. The van der Waals surface area contributed by atoms with Crippen molar-refractivity contribution in [2.45, 2.75) is 6.42 Å². The zero-order valence-corrected chi connectivity index (χ0v) is 7.14. The molecule has 1 saturated heterocycles. The fraction of sp³-hybridized carbons (Fsp3) is 0.556. The van der Waals surface area contributed by atoms with Gasteiger partial charge in [-0.1, -0.05) is 0 Å². The molecule has 2 rings (SSSR count). The van der Waals surface area contributed by atoms with E-state index in [4.69, 9.17) is 0 Å². The maximum absolute atomic E-state index is 3.37. The summed E-state index contributed by atoms with van der Waals surface area (Å²) in [6, 6.07) is 4.07. The molecule has 3 nitrogen and oxygen atoms in total. The number of H-pyrrole nitrogens is 1. The van der Waals surface area contributed by atoms with Crippen LogP contribution in [0.2, 0.25) is 0 Å². The van der Waals surface area contributed by atoms with E-state index in [1.807, 2.05) is 12.3 Å². The zero-order valence-electron chi connectivity index (χ0n) is 7.14. The highest BCUT2D eigenvalue weighted by Crippen LogP contribution is 2.09. The van der Waals surface area contributed by atoms with Crippen LogP contribution in [0, 0.1) is 5.92 Å². The minimum Gasteiger partial charge on any atom is -0.371 e. The lowest BCUT2D eigenvalue weighted by atomic mass is 10.1. The molecule has 0 radical (unpaired) electrons. The molecule has 12 heavy (non-hydrogen) atoms. The average Bonchev–Trinajstić information content (AvgIpc) is 2.74. The van der Waals surface area contributed by atoms with E-state index in [0.29, 0.717) is 0 Å². The Morgan fingerprint density at radius 2 is 2.58 bits per heavy atom.